The molecule has 0 aromatic heterocycles. The normalized spacial score (nSPS) is 23.4. The minimum atomic E-state index is 0.0733. The van der Waals surface area contributed by atoms with Gasteiger partial charge in [0.2, 0.25) is 5.91 Å². The number of anilines is 1. The summed E-state index contributed by atoms with van der Waals surface area (Å²) in [5, 5.41) is 3.10. The van der Waals surface area contributed by atoms with Gasteiger partial charge in [-0.3, -0.25) is 14.6 Å². The summed E-state index contributed by atoms with van der Waals surface area (Å²) >= 11 is 0. The zero-order valence-electron chi connectivity index (χ0n) is 20.3. The highest BCUT2D eigenvalue weighted by Crippen LogP contribution is 2.35. The Labute approximate surface area is 198 Å². The van der Waals surface area contributed by atoms with Gasteiger partial charge in [0.15, 0.2) is 0 Å². The number of carbonyl (C=O) groups excluding carboxylic acids is 1. The van der Waals surface area contributed by atoms with E-state index in [0.29, 0.717) is 19.2 Å². The Hall–Kier alpha value is -1.89. The summed E-state index contributed by atoms with van der Waals surface area (Å²) in [5.41, 5.74) is 4.71. The number of hydrogen-bond acceptors (Lipinski definition) is 5. The Morgan fingerprint density at radius 1 is 0.970 bits per heavy atom. The van der Waals surface area contributed by atoms with Crippen LogP contribution in [0.3, 0.4) is 0 Å². The lowest BCUT2D eigenvalue weighted by atomic mass is 9.97. The molecule has 3 fully saturated rings. The summed E-state index contributed by atoms with van der Waals surface area (Å²) in [5.74, 6) is 0.960. The fraction of sp³-hybridized carbons (Fsp3) is 0.667. The van der Waals surface area contributed by atoms with E-state index in [1.807, 2.05) is 12.1 Å². The summed E-state index contributed by atoms with van der Waals surface area (Å²) in [7, 11) is 0. The Morgan fingerprint density at radius 3 is 2.45 bits per heavy atom. The average molecular weight is 453 g/mol. The first-order valence-corrected chi connectivity index (χ1v) is 13.1. The van der Waals surface area contributed by atoms with E-state index in [1.165, 1.54) is 82.3 Å². The van der Waals surface area contributed by atoms with E-state index in [-0.39, 0.29) is 5.91 Å². The lowest BCUT2D eigenvalue weighted by Gasteiger charge is -2.40. The third kappa shape index (κ3) is 5.61. The van der Waals surface area contributed by atoms with Gasteiger partial charge in [0, 0.05) is 43.0 Å². The van der Waals surface area contributed by atoms with Gasteiger partial charge in [-0.05, 0) is 94.9 Å². The van der Waals surface area contributed by atoms with Gasteiger partial charge in [-0.2, -0.15) is 0 Å². The molecule has 0 radical (unpaired) electrons. The molecule has 4 aliphatic rings. The zero-order chi connectivity index (χ0) is 22.6. The molecule has 180 valence electrons. The van der Waals surface area contributed by atoms with Gasteiger partial charge < -0.3 is 15.0 Å². The Kier molecular flexibility index (Phi) is 7.34. The van der Waals surface area contributed by atoms with Crippen molar-refractivity contribution in [2.75, 3.05) is 64.3 Å². The lowest BCUT2D eigenvalue weighted by Crippen LogP contribution is -2.48. The molecule has 0 aliphatic carbocycles. The van der Waals surface area contributed by atoms with Crippen molar-refractivity contribution in [3.63, 3.8) is 0 Å². The van der Waals surface area contributed by atoms with Crippen LogP contribution >= 0.6 is 0 Å². The number of benzene rings is 1. The van der Waals surface area contributed by atoms with Crippen molar-refractivity contribution in [3.05, 3.63) is 29.3 Å². The highest BCUT2D eigenvalue weighted by Gasteiger charge is 2.26. The molecular weight excluding hydrogens is 412 g/mol. The third-order valence-electron chi connectivity index (χ3n) is 8.05. The average Bonchev–Trinajstić information content (AvgIpc) is 3.35. The Balaban J connectivity index is 1.12. The number of rotatable bonds is 6. The van der Waals surface area contributed by atoms with Gasteiger partial charge in [-0.1, -0.05) is 6.42 Å². The van der Waals surface area contributed by atoms with E-state index >= 15 is 0 Å². The topological polar surface area (TPSA) is 48.1 Å². The molecule has 1 aromatic rings. The Morgan fingerprint density at radius 2 is 1.70 bits per heavy atom. The molecule has 1 N–H and O–H groups in total. The predicted octanol–water partition coefficient (Wildman–Crippen LogP) is 3.84. The maximum Gasteiger partial charge on any atom is 0.238 e. The van der Waals surface area contributed by atoms with Crippen molar-refractivity contribution in [1.82, 2.24) is 14.7 Å². The number of nitrogens with zero attached hydrogens (tertiary/aromatic N) is 3. The zero-order valence-corrected chi connectivity index (χ0v) is 20.3. The lowest BCUT2D eigenvalue weighted by molar-refractivity contribution is -0.117. The fourth-order valence-corrected chi connectivity index (χ4v) is 6.00. The first-order chi connectivity index (χ1) is 16.2. The molecule has 0 spiro atoms. The molecule has 4 heterocycles. The minimum Gasteiger partial charge on any atom is -0.488 e. The fourth-order valence-electron chi connectivity index (χ4n) is 6.00. The predicted molar refractivity (Wildman–Crippen MR) is 134 cm³/mol. The number of ether oxygens (including phenoxy) is 1. The van der Waals surface area contributed by atoms with Crippen molar-refractivity contribution in [3.8, 4) is 5.75 Å². The van der Waals surface area contributed by atoms with Gasteiger partial charge in [0.1, 0.15) is 12.4 Å². The van der Waals surface area contributed by atoms with Gasteiger partial charge in [0.25, 0.3) is 0 Å². The van der Waals surface area contributed by atoms with E-state index in [2.05, 4.69) is 33.0 Å². The number of fused-ring (bicyclic) bond motifs is 1. The quantitative estimate of drug-likeness (QED) is 0.711. The summed E-state index contributed by atoms with van der Waals surface area (Å²) in [6.45, 7) is 11.3. The van der Waals surface area contributed by atoms with Crippen LogP contribution in [0.2, 0.25) is 0 Å². The van der Waals surface area contributed by atoms with Crippen LogP contribution in [0.1, 0.15) is 57.4 Å². The maximum atomic E-state index is 12.7. The van der Waals surface area contributed by atoms with Crippen LogP contribution < -0.4 is 10.1 Å². The number of carbonyl (C=O) groups is 1. The van der Waals surface area contributed by atoms with Gasteiger partial charge in [-0.15, -0.1) is 0 Å². The van der Waals surface area contributed by atoms with E-state index in [0.717, 1.165) is 36.6 Å². The maximum absolute atomic E-state index is 12.7. The van der Waals surface area contributed by atoms with Crippen molar-refractivity contribution < 1.29 is 9.53 Å². The van der Waals surface area contributed by atoms with Crippen LogP contribution in [0.5, 0.6) is 5.75 Å². The molecule has 0 atom stereocenters. The summed E-state index contributed by atoms with van der Waals surface area (Å²) in [6.07, 6.45) is 9.08. The second kappa shape index (κ2) is 10.6. The molecule has 5 rings (SSSR count). The highest BCUT2D eigenvalue weighted by atomic mass is 16.5. The van der Waals surface area contributed by atoms with Crippen LogP contribution in [-0.2, 0) is 4.79 Å². The van der Waals surface area contributed by atoms with E-state index < -0.39 is 0 Å². The standard InChI is InChI=1S/C27H40N4O2/c1-21-22(18-29-11-5-6-12-29)20-33-26-17-23(7-8-25(21)26)28-27(32)19-30-15-9-24(10-16-30)31-13-3-2-4-14-31/h7-8,17,24H,2-6,9-16,18-20H2,1H3,(H,28,32). The van der Waals surface area contributed by atoms with Crippen molar-refractivity contribution in [1.29, 1.82) is 0 Å². The number of piperidine rings is 2. The summed E-state index contributed by atoms with van der Waals surface area (Å²) < 4.78 is 6.11. The molecule has 1 amide bonds. The van der Waals surface area contributed by atoms with Crippen LogP contribution in [-0.4, -0.2) is 85.6 Å². The number of likely N-dealkylation sites (tertiary alicyclic amines) is 3. The molecule has 4 aliphatic heterocycles. The first kappa shape index (κ1) is 22.9. The van der Waals surface area contributed by atoms with Crippen LogP contribution in [0.4, 0.5) is 5.69 Å². The molecule has 6 heteroatoms. The van der Waals surface area contributed by atoms with Crippen LogP contribution in [0.15, 0.2) is 23.8 Å². The molecule has 1 aromatic carbocycles. The molecular formula is C27H40N4O2. The van der Waals surface area contributed by atoms with E-state index in [9.17, 15) is 4.79 Å². The van der Waals surface area contributed by atoms with Gasteiger partial charge >= 0.3 is 0 Å². The van der Waals surface area contributed by atoms with E-state index in [4.69, 9.17) is 4.74 Å². The van der Waals surface area contributed by atoms with Crippen LogP contribution in [0.25, 0.3) is 5.57 Å². The second-order valence-corrected chi connectivity index (χ2v) is 10.4. The largest absolute Gasteiger partial charge is 0.488 e. The minimum absolute atomic E-state index is 0.0733. The van der Waals surface area contributed by atoms with Crippen LogP contribution in [0, 0.1) is 0 Å². The summed E-state index contributed by atoms with van der Waals surface area (Å²) in [4.78, 5) is 20.2. The van der Waals surface area contributed by atoms with Crippen molar-refractivity contribution in [2.24, 2.45) is 0 Å². The number of amides is 1. The molecule has 6 nitrogen and oxygen atoms in total. The molecule has 33 heavy (non-hydrogen) atoms. The summed E-state index contributed by atoms with van der Waals surface area (Å²) in [6, 6.07) is 6.83. The first-order valence-electron chi connectivity index (χ1n) is 13.1. The second-order valence-electron chi connectivity index (χ2n) is 10.4. The monoisotopic (exact) mass is 452 g/mol. The molecule has 0 saturated carbocycles. The SMILES string of the molecule is CC1=C(CN2CCCC2)COc2cc(NC(=O)CN3CCC(N4CCCCC4)CC3)ccc21. The third-order valence-corrected chi connectivity index (χ3v) is 8.05. The smallest absolute Gasteiger partial charge is 0.238 e. The van der Waals surface area contributed by atoms with E-state index in [1.54, 1.807) is 0 Å². The van der Waals surface area contributed by atoms with Gasteiger partial charge in [-0.25, -0.2) is 0 Å². The number of hydrogen-bond donors (Lipinski definition) is 1. The Bertz CT molecular complexity index is 863. The molecule has 0 unspecified atom stereocenters. The molecule has 0 bridgehead atoms. The number of nitrogens with one attached hydrogen (secondary N) is 1. The van der Waals surface area contributed by atoms with Crippen molar-refractivity contribution in [2.45, 2.75) is 57.9 Å². The highest BCUT2D eigenvalue weighted by molar-refractivity contribution is 5.93. The van der Waals surface area contributed by atoms with Gasteiger partial charge in [0.05, 0.1) is 6.54 Å². The number of allylic oxidation sites excluding steroid dienone is 1. The molecule has 3 saturated heterocycles. The van der Waals surface area contributed by atoms with Crippen molar-refractivity contribution >= 4 is 17.2 Å².